The molecule has 0 fully saturated rings. The Kier molecular flexibility index (Phi) is 5.49. The summed E-state index contributed by atoms with van der Waals surface area (Å²) in [5.74, 6) is -1.14. The van der Waals surface area contributed by atoms with Crippen LogP contribution < -0.4 is 0 Å². The van der Waals surface area contributed by atoms with Gasteiger partial charge in [-0.05, 0) is 24.5 Å². The molecular formula is C14H17F2NO. The second-order valence-corrected chi connectivity index (χ2v) is 4.09. The van der Waals surface area contributed by atoms with Crippen LogP contribution in [0.4, 0.5) is 8.78 Å². The number of rotatable bonds is 6. The number of aryl methyl sites for hydroxylation is 1. The zero-order chi connectivity index (χ0) is 13.5. The highest BCUT2D eigenvalue weighted by Crippen LogP contribution is 2.11. The summed E-state index contributed by atoms with van der Waals surface area (Å²) in [6.45, 7) is 6.09. The highest BCUT2D eigenvalue weighted by molar-refractivity contribution is 5.73. The normalized spacial score (nSPS) is 10.2. The topological polar surface area (TPSA) is 20.3 Å². The van der Waals surface area contributed by atoms with Gasteiger partial charge in [-0.3, -0.25) is 4.79 Å². The largest absolute Gasteiger partial charge is 0.339 e. The van der Waals surface area contributed by atoms with Crippen molar-refractivity contribution in [2.45, 2.75) is 19.8 Å². The molecule has 0 aliphatic rings. The van der Waals surface area contributed by atoms with Gasteiger partial charge in [-0.2, -0.15) is 0 Å². The van der Waals surface area contributed by atoms with Crippen LogP contribution in [-0.2, 0) is 11.2 Å². The van der Waals surface area contributed by atoms with Crippen molar-refractivity contribution in [1.29, 1.82) is 0 Å². The molecule has 1 aromatic rings. The summed E-state index contributed by atoms with van der Waals surface area (Å²) in [5.41, 5.74) is 0.471. The fourth-order valence-electron chi connectivity index (χ4n) is 1.72. The Balaban J connectivity index is 2.49. The first-order valence-corrected chi connectivity index (χ1v) is 5.85. The first-order chi connectivity index (χ1) is 8.54. The van der Waals surface area contributed by atoms with Gasteiger partial charge in [-0.1, -0.05) is 12.1 Å². The summed E-state index contributed by atoms with van der Waals surface area (Å²) >= 11 is 0. The molecule has 0 unspecified atom stereocenters. The zero-order valence-corrected chi connectivity index (χ0v) is 10.5. The molecule has 0 saturated carbocycles. The van der Waals surface area contributed by atoms with Gasteiger partial charge in [0.15, 0.2) is 0 Å². The van der Waals surface area contributed by atoms with E-state index in [4.69, 9.17) is 0 Å². The Morgan fingerprint density at radius 1 is 1.44 bits per heavy atom. The van der Waals surface area contributed by atoms with Crippen molar-refractivity contribution in [3.05, 3.63) is 48.1 Å². The molecule has 1 rings (SSSR count). The van der Waals surface area contributed by atoms with Crippen molar-refractivity contribution < 1.29 is 13.6 Å². The van der Waals surface area contributed by atoms with Crippen LogP contribution in [0.25, 0.3) is 0 Å². The number of hydrogen-bond donors (Lipinski definition) is 0. The van der Waals surface area contributed by atoms with Gasteiger partial charge in [0.2, 0.25) is 5.91 Å². The molecule has 0 aromatic heterocycles. The Morgan fingerprint density at radius 3 is 2.72 bits per heavy atom. The van der Waals surface area contributed by atoms with Gasteiger partial charge in [-0.25, -0.2) is 8.78 Å². The Morgan fingerprint density at radius 2 is 2.17 bits per heavy atom. The number of halogens is 2. The minimum absolute atomic E-state index is 0.0329. The van der Waals surface area contributed by atoms with Crippen LogP contribution in [0.5, 0.6) is 0 Å². The maximum absolute atomic E-state index is 13.3. The average Bonchev–Trinajstić information content (AvgIpc) is 2.30. The average molecular weight is 253 g/mol. The van der Waals surface area contributed by atoms with E-state index in [1.807, 2.05) is 0 Å². The lowest BCUT2D eigenvalue weighted by molar-refractivity contribution is -0.128. The van der Waals surface area contributed by atoms with Gasteiger partial charge < -0.3 is 4.90 Å². The molecule has 0 aliphatic carbocycles. The number of benzene rings is 1. The van der Waals surface area contributed by atoms with Crippen LogP contribution in [0.3, 0.4) is 0 Å². The van der Waals surface area contributed by atoms with Gasteiger partial charge in [0.25, 0.3) is 0 Å². The standard InChI is InChI=1S/C14H17F2NO/c1-3-8-17(11(2)18)9-4-5-12-6-7-13(15)10-14(12)16/h3,6-7,10H,1,4-5,8-9H2,2H3. The number of carbonyl (C=O) groups is 1. The van der Waals surface area contributed by atoms with Gasteiger partial charge in [0.05, 0.1) is 0 Å². The van der Waals surface area contributed by atoms with Gasteiger partial charge in [0, 0.05) is 26.1 Å². The summed E-state index contributed by atoms with van der Waals surface area (Å²) in [6, 6.07) is 3.56. The number of hydrogen-bond acceptors (Lipinski definition) is 1. The molecule has 0 saturated heterocycles. The Labute approximate surface area is 106 Å². The second kappa shape index (κ2) is 6.89. The summed E-state index contributed by atoms with van der Waals surface area (Å²) in [5, 5.41) is 0. The maximum Gasteiger partial charge on any atom is 0.219 e. The highest BCUT2D eigenvalue weighted by Gasteiger charge is 2.08. The van der Waals surface area contributed by atoms with Crippen LogP contribution in [0.15, 0.2) is 30.9 Å². The Hall–Kier alpha value is -1.71. The molecule has 0 spiro atoms. The third kappa shape index (κ3) is 4.28. The fraction of sp³-hybridized carbons (Fsp3) is 0.357. The lowest BCUT2D eigenvalue weighted by atomic mass is 10.1. The third-order valence-corrected chi connectivity index (χ3v) is 2.68. The first kappa shape index (κ1) is 14.4. The van der Waals surface area contributed by atoms with E-state index in [0.717, 1.165) is 6.07 Å². The molecular weight excluding hydrogens is 236 g/mol. The van der Waals surface area contributed by atoms with E-state index in [1.165, 1.54) is 19.1 Å². The molecule has 0 aliphatic heterocycles. The van der Waals surface area contributed by atoms with Gasteiger partial charge in [-0.15, -0.1) is 6.58 Å². The van der Waals surface area contributed by atoms with E-state index >= 15 is 0 Å². The number of nitrogens with zero attached hydrogens (tertiary/aromatic N) is 1. The van der Waals surface area contributed by atoms with Crippen LogP contribution >= 0.6 is 0 Å². The molecule has 0 N–H and O–H groups in total. The SMILES string of the molecule is C=CCN(CCCc1ccc(F)cc1F)C(C)=O. The zero-order valence-electron chi connectivity index (χ0n) is 10.5. The lowest BCUT2D eigenvalue weighted by Crippen LogP contribution is -2.30. The van der Waals surface area contributed by atoms with Crippen LogP contribution in [-0.4, -0.2) is 23.9 Å². The summed E-state index contributed by atoms with van der Waals surface area (Å²) < 4.78 is 26.0. The molecule has 4 heteroatoms. The van der Waals surface area contributed by atoms with Crippen molar-refractivity contribution in [3.63, 3.8) is 0 Å². The van der Waals surface area contributed by atoms with Crippen LogP contribution in [0.2, 0.25) is 0 Å². The van der Waals surface area contributed by atoms with E-state index in [9.17, 15) is 13.6 Å². The van der Waals surface area contributed by atoms with E-state index in [1.54, 1.807) is 11.0 Å². The van der Waals surface area contributed by atoms with Crippen molar-refractivity contribution >= 4 is 5.91 Å². The maximum atomic E-state index is 13.3. The minimum atomic E-state index is -0.576. The molecule has 0 atom stereocenters. The van der Waals surface area contributed by atoms with E-state index in [-0.39, 0.29) is 5.91 Å². The third-order valence-electron chi connectivity index (χ3n) is 2.68. The predicted molar refractivity (Wildman–Crippen MR) is 67.1 cm³/mol. The van der Waals surface area contributed by atoms with E-state index in [0.29, 0.717) is 31.5 Å². The molecule has 1 aromatic carbocycles. The van der Waals surface area contributed by atoms with Crippen molar-refractivity contribution in [3.8, 4) is 0 Å². The molecule has 98 valence electrons. The smallest absolute Gasteiger partial charge is 0.219 e. The van der Waals surface area contributed by atoms with Crippen molar-refractivity contribution in [2.24, 2.45) is 0 Å². The molecule has 0 bridgehead atoms. The summed E-state index contributed by atoms with van der Waals surface area (Å²) in [6.07, 6.45) is 2.77. The predicted octanol–water partition coefficient (Wildman–Crippen LogP) is 2.93. The molecule has 0 heterocycles. The lowest BCUT2D eigenvalue weighted by Gasteiger charge is -2.18. The van der Waals surface area contributed by atoms with Gasteiger partial charge >= 0.3 is 0 Å². The van der Waals surface area contributed by atoms with Gasteiger partial charge in [0.1, 0.15) is 11.6 Å². The summed E-state index contributed by atoms with van der Waals surface area (Å²) in [4.78, 5) is 12.9. The van der Waals surface area contributed by atoms with Crippen molar-refractivity contribution in [1.82, 2.24) is 4.90 Å². The molecule has 0 radical (unpaired) electrons. The fourth-order valence-corrected chi connectivity index (χ4v) is 1.72. The first-order valence-electron chi connectivity index (χ1n) is 5.85. The molecule has 1 amide bonds. The number of amides is 1. The molecule has 2 nitrogen and oxygen atoms in total. The monoisotopic (exact) mass is 253 g/mol. The summed E-state index contributed by atoms with van der Waals surface area (Å²) in [7, 11) is 0. The van der Waals surface area contributed by atoms with Crippen LogP contribution in [0, 0.1) is 11.6 Å². The molecule has 18 heavy (non-hydrogen) atoms. The van der Waals surface area contributed by atoms with Crippen molar-refractivity contribution in [2.75, 3.05) is 13.1 Å². The van der Waals surface area contributed by atoms with Crippen LogP contribution in [0.1, 0.15) is 18.9 Å². The quantitative estimate of drug-likeness (QED) is 0.714. The highest BCUT2D eigenvalue weighted by atomic mass is 19.1. The van der Waals surface area contributed by atoms with E-state index < -0.39 is 11.6 Å². The minimum Gasteiger partial charge on any atom is -0.339 e. The number of carbonyl (C=O) groups excluding carboxylic acids is 1. The van der Waals surface area contributed by atoms with E-state index in [2.05, 4.69) is 6.58 Å². The Bertz CT molecular complexity index is 432. The second-order valence-electron chi connectivity index (χ2n) is 4.09.